The molecule has 1 atom stereocenters. The molecule has 0 saturated heterocycles. The molecule has 3 amide bonds. The normalized spacial score (nSPS) is 14.9. The van der Waals surface area contributed by atoms with Gasteiger partial charge in [-0.2, -0.15) is 4.37 Å². The van der Waals surface area contributed by atoms with E-state index in [-0.39, 0.29) is 34.8 Å². The minimum absolute atomic E-state index is 0.0202. The number of nitrogens with one attached hydrogen (secondary N) is 1. The lowest BCUT2D eigenvalue weighted by Gasteiger charge is -2.33. The Bertz CT molecular complexity index is 1070. The summed E-state index contributed by atoms with van der Waals surface area (Å²) in [6.07, 6.45) is 5.56. The molecule has 1 unspecified atom stereocenters. The number of rotatable bonds is 12. The van der Waals surface area contributed by atoms with Crippen LogP contribution in [-0.2, 0) is 4.79 Å². The standard InChI is InChI=1S/C26H37FN6O3S/c1-3-32(4-2)15-8-16-33(26(36)23-20(28)21(24(29)34)31-37-23)22(17-11-13-18(27)14-12-17)25(35)30-19-9-6-5-7-10-19/h11-14,19,22H,3-10,15-16,28H2,1-2H3,(H2,29,34)(H,30,35). The molecule has 2 aromatic rings. The Labute approximate surface area is 221 Å². The fraction of sp³-hybridized carbons (Fsp3) is 0.538. The average molecular weight is 533 g/mol. The molecular weight excluding hydrogens is 495 g/mol. The number of primary amides is 1. The van der Waals surface area contributed by atoms with Crippen molar-refractivity contribution in [2.75, 3.05) is 31.9 Å². The summed E-state index contributed by atoms with van der Waals surface area (Å²) in [5.41, 5.74) is 11.7. The van der Waals surface area contributed by atoms with Crippen LogP contribution in [0.1, 0.15) is 84.1 Å². The summed E-state index contributed by atoms with van der Waals surface area (Å²) >= 11 is 0.783. The van der Waals surface area contributed by atoms with Crippen LogP contribution in [0.4, 0.5) is 10.1 Å². The van der Waals surface area contributed by atoms with Crippen LogP contribution in [0.25, 0.3) is 0 Å². The minimum Gasteiger partial charge on any atom is -0.395 e. The van der Waals surface area contributed by atoms with E-state index < -0.39 is 23.7 Å². The first-order valence-electron chi connectivity index (χ1n) is 12.9. The van der Waals surface area contributed by atoms with E-state index in [1.54, 1.807) is 0 Å². The van der Waals surface area contributed by atoms with Crippen LogP contribution in [-0.4, -0.2) is 64.1 Å². The van der Waals surface area contributed by atoms with Crippen LogP contribution < -0.4 is 16.8 Å². The van der Waals surface area contributed by atoms with Crippen LogP contribution in [0.2, 0.25) is 0 Å². The van der Waals surface area contributed by atoms with Gasteiger partial charge < -0.3 is 26.6 Å². The molecule has 0 spiro atoms. The summed E-state index contributed by atoms with van der Waals surface area (Å²) in [7, 11) is 0. The van der Waals surface area contributed by atoms with Gasteiger partial charge in [-0.05, 0) is 68.1 Å². The molecule has 9 nitrogen and oxygen atoms in total. The second-order valence-electron chi connectivity index (χ2n) is 9.31. The minimum atomic E-state index is -1.01. The molecule has 1 saturated carbocycles. The third-order valence-corrected chi connectivity index (χ3v) is 7.73. The first-order chi connectivity index (χ1) is 17.8. The number of nitrogens with zero attached hydrogens (tertiary/aromatic N) is 3. The zero-order valence-electron chi connectivity index (χ0n) is 21.5. The van der Waals surface area contributed by atoms with Crippen molar-refractivity contribution in [3.05, 3.63) is 46.2 Å². The lowest BCUT2D eigenvalue weighted by atomic mass is 9.94. The van der Waals surface area contributed by atoms with E-state index in [4.69, 9.17) is 11.5 Å². The van der Waals surface area contributed by atoms with Crippen molar-refractivity contribution in [2.24, 2.45) is 5.73 Å². The van der Waals surface area contributed by atoms with Crippen molar-refractivity contribution in [1.82, 2.24) is 19.5 Å². The number of carbonyl (C=O) groups excluding carboxylic acids is 3. The Balaban J connectivity index is 1.99. The molecule has 1 aromatic carbocycles. The summed E-state index contributed by atoms with van der Waals surface area (Å²) in [5.74, 6) is -2.11. The number of carbonyl (C=O) groups is 3. The number of aromatic nitrogens is 1. The molecule has 1 heterocycles. The molecule has 5 N–H and O–H groups in total. The summed E-state index contributed by atoms with van der Waals surface area (Å²) in [6, 6.07) is 4.62. The van der Waals surface area contributed by atoms with Crippen molar-refractivity contribution in [3.8, 4) is 0 Å². The number of anilines is 1. The Kier molecular flexibility index (Phi) is 10.4. The predicted octanol–water partition coefficient (Wildman–Crippen LogP) is 3.33. The van der Waals surface area contributed by atoms with E-state index in [9.17, 15) is 18.8 Å². The molecule has 0 bridgehead atoms. The van der Waals surface area contributed by atoms with E-state index in [1.807, 2.05) is 0 Å². The number of halogens is 1. The van der Waals surface area contributed by atoms with Crippen molar-refractivity contribution in [1.29, 1.82) is 0 Å². The predicted molar refractivity (Wildman–Crippen MR) is 143 cm³/mol. The smallest absolute Gasteiger partial charge is 0.270 e. The van der Waals surface area contributed by atoms with E-state index in [0.717, 1.165) is 63.3 Å². The molecule has 202 valence electrons. The fourth-order valence-electron chi connectivity index (χ4n) is 4.76. The number of amides is 3. The Morgan fingerprint density at radius 1 is 1.11 bits per heavy atom. The summed E-state index contributed by atoms with van der Waals surface area (Å²) in [6.45, 7) is 6.82. The van der Waals surface area contributed by atoms with Crippen molar-refractivity contribution in [2.45, 2.75) is 64.5 Å². The number of benzene rings is 1. The van der Waals surface area contributed by atoms with Crippen LogP contribution in [0.3, 0.4) is 0 Å². The zero-order valence-corrected chi connectivity index (χ0v) is 22.4. The highest BCUT2D eigenvalue weighted by molar-refractivity contribution is 7.09. The topological polar surface area (TPSA) is 135 Å². The van der Waals surface area contributed by atoms with Gasteiger partial charge >= 0.3 is 0 Å². The monoisotopic (exact) mass is 532 g/mol. The van der Waals surface area contributed by atoms with Gasteiger partial charge in [0.15, 0.2) is 5.69 Å². The second kappa shape index (κ2) is 13.5. The Morgan fingerprint density at radius 3 is 2.32 bits per heavy atom. The number of hydrogen-bond donors (Lipinski definition) is 3. The quantitative estimate of drug-likeness (QED) is 0.384. The lowest BCUT2D eigenvalue weighted by molar-refractivity contribution is -0.127. The number of hydrogen-bond acceptors (Lipinski definition) is 7. The molecule has 0 aliphatic heterocycles. The lowest BCUT2D eigenvalue weighted by Crippen LogP contribution is -2.47. The zero-order chi connectivity index (χ0) is 26.9. The molecule has 1 aliphatic carbocycles. The van der Waals surface area contributed by atoms with Crippen molar-refractivity contribution < 1.29 is 18.8 Å². The van der Waals surface area contributed by atoms with Crippen LogP contribution >= 0.6 is 11.5 Å². The molecule has 3 rings (SSSR count). The average Bonchev–Trinajstić information content (AvgIpc) is 3.28. The van der Waals surface area contributed by atoms with E-state index >= 15 is 0 Å². The third-order valence-electron chi connectivity index (χ3n) is 6.88. The first kappa shape index (κ1) is 28.5. The molecular formula is C26H37FN6O3S. The highest BCUT2D eigenvalue weighted by Crippen LogP contribution is 2.30. The summed E-state index contributed by atoms with van der Waals surface area (Å²) in [4.78, 5) is 43.1. The molecule has 1 aliphatic rings. The molecule has 11 heteroatoms. The number of nitrogens with two attached hydrogens (primary N) is 2. The van der Waals surface area contributed by atoms with Crippen LogP contribution in [0.5, 0.6) is 0 Å². The van der Waals surface area contributed by atoms with Crippen LogP contribution in [0, 0.1) is 5.82 Å². The highest BCUT2D eigenvalue weighted by atomic mass is 32.1. The number of nitrogen functional groups attached to an aromatic ring is 1. The molecule has 1 fully saturated rings. The molecule has 1 aromatic heterocycles. The SMILES string of the molecule is CCN(CC)CCCN(C(=O)c1snc(C(N)=O)c1N)C(C(=O)NC1CCCCC1)c1ccc(F)cc1. The third kappa shape index (κ3) is 7.26. The van der Waals surface area contributed by atoms with E-state index in [1.165, 1.54) is 29.2 Å². The summed E-state index contributed by atoms with van der Waals surface area (Å²) < 4.78 is 17.8. The van der Waals surface area contributed by atoms with Crippen molar-refractivity contribution >= 4 is 34.9 Å². The molecule has 0 radical (unpaired) electrons. The van der Waals surface area contributed by atoms with Gasteiger partial charge in [-0.15, -0.1) is 0 Å². The largest absolute Gasteiger partial charge is 0.395 e. The van der Waals surface area contributed by atoms with Gasteiger partial charge in [0, 0.05) is 12.6 Å². The van der Waals surface area contributed by atoms with Gasteiger partial charge in [0.05, 0.1) is 5.69 Å². The van der Waals surface area contributed by atoms with Gasteiger partial charge in [0.25, 0.3) is 11.8 Å². The first-order valence-corrected chi connectivity index (χ1v) is 13.7. The van der Waals surface area contributed by atoms with E-state index in [2.05, 4.69) is 28.4 Å². The maximum absolute atomic E-state index is 13.9. The van der Waals surface area contributed by atoms with Gasteiger partial charge in [-0.1, -0.05) is 45.2 Å². The van der Waals surface area contributed by atoms with Crippen LogP contribution in [0.15, 0.2) is 24.3 Å². The second-order valence-corrected chi connectivity index (χ2v) is 10.1. The molecule has 37 heavy (non-hydrogen) atoms. The van der Waals surface area contributed by atoms with Crippen molar-refractivity contribution in [3.63, 3.8) is 0 Å². The highest BCUT2D eigenvalue weighted by Gasteiger charge is 2.35. The van der Waals surface area contributed by atoms with Gasteiger partial charge in [0.1, 0.15) is 16.7 Å². The summed E-state index contributed by atoms with van der Waals surface area (Å²) in [5, 5.41) is 3.12. The van der Waals surface area contributed by atoms with Gasteiger partial charge in [-0.25, -0.2) is 4.39 Å². The Hall–Kier alpha value is -3.05. The van der Waals surface area contributed by atoms with E-state index in [0.29, 0.717) is 12.0 Å². The van der Waals surface area contributed by atoms with Gasteiger partial charge in [-0.3, -0.25) is 14.4 Å². The maximum atomic E-state index is 13.9. The maximum Gasteiger partial charge on any atom is 0.270 e. The Morgan fingerprint density at radius 2 is 1.76 bits per heavy atom. The fourth-order valence-corrected chi connectivity index (χ4v) is 5.52. The van der Waals surface area contributed by atoms with Gasteiger partial charge in [0.2, 0.25) is 5.91 Å².